The van der Waals surface area contributed by atoms with Crippen LogP contribution in [-0.4, -0.2) is 60.9 Å². The lowest BCUT2D eigenvalue weighted by atomic mass is 10.3. The van der Waals surface area contributed by atoms with Gasteiger partial charge in [0.1, 0.15) is 0 Å². The zero-order chi connectivity index (χ0) is 13.4. The van der Waals surface area contributed by atoms with E-state index in [9.17, 15) is 9.59 Å². The van der Waals surface area contributed by atoms with Crippen molar-refractivity contribution in [3.8, 4) is 0 Å². The number of nitrogens with zero attached hydrogens (tertiary/aromatic N) is 2. The Labute approximate surface area is 109 Å². The van der Waals surface area contributed by atoms with Crippen molar-refractivity contribution in [3.63, 3.8) is 0 Å². The van der Waals surface area contributed by atoms with Crippen molar-refractivity contribution < 1.29 is 9.59 Å². The van der Waals surface area contributed by atoms with Crippen molar-refractivity contribution in [1.82, 2.24) is 15.1 Å². The SMILES string of the molecule is C=CCNCC(=O)N1CCCN(C(=O)CC)CC1. The van der Waals surface area contributed by atoms with Gasteiger partial charge >= 0.3 is 0 Å². The Balaban J connectivity index is 2.38. The first-order valence-electron chi connectivity index (χ1n) is 6.56. The minimum Gasteiger partial charge on any atom is -0.341 e. The molecule has 0 aromatic carbocycles. The number of amides is 2. The van der Waals surface area contributed by atoms with Crippen LogP contribution in [0.25, 0.3) is 0 Å². The normalized spacial score (nSPS) is 16.3. The molecule has 1 N–H and O–H groups in total. The second-order valence-electron chi connectivity index (χ2n) is 4.39. The van der Waals surface area contributed by atoms with Crippen LogP contribution < -0.4 is 5.32 Å². The van der Waals surface area contributed by atoms with Gasteiger partial charge in [-0.15, -0.1) is 6.58 Å². The van der Waals surface area contributed by atoms with Gasteiger partial charge in [-0.25, -0.2) is 0 Å². The van der Waals surface area contributed by atoms with Crippen LogP contribution in [0.15, 0.2) is 12.7 Å². The molecule has 1 aliphatic heterocycles. The fourth-order valence-electron chi connectivity index (χ4n) is 2.03. The Bertz CT molecular complexity index is 305. The quantitative estimate of drug-likeness (QED) is 0.564. The van der Waals surface area contributed by atoms with Crippen molar-refractivity contribution in [1.29, 1.82) is 0 Å². The van der Waals surface area contributed by atoms with Gasteiger partial charge in [0, 0.05) is 39.1 Å². The Morgan fingerprint density at radius 2 is 1.78 bits per heavy atom. The van der Waals surface area contributed by atoms with E-state index in [2.05, 4.69) is 11.9 Å². The molecule has 0 radical (unpaired) electrons. The first kappa shape index (κ1) is 14.7. The lowest BCUT2D eigenvalue weighted by Gasteiger charge is -2.22. The largest absolute Gasteiger partial charge is 0.341 e. The molecular formula is C13H23N3O2. The Morgan fingerprint density at radius 1 is 1.17 bits per heavy atom. The minimum absolute atomic E-state index is 0.0997. The molecule has 1 saturated heterocycles. The molecule has 0 aromatic heterocycles. The number of hydrogen-bond donors (Lipinski definition) is 1. The number of nitrogens with one attached hydrogen (secondary N) is 1. The average Bonchev–Trinajstić information content (AvgIpc) is 2.63. The van der Waals surface area contributed by atoms with Crippen molar-refractivity contribution in [2.75, 3.05) is 39.3 Å². The molecule has 5 nitrogen and oxygen atoms in total. The third-order valence-corrected chi connectivity index (χ3v) is 3.07. The van der Waals surface area contributed by atoms with Gasteiger partial charge in [0.2, 0.25) is 11.8 Å². The average molecular weight is 253 g/mol. The van der Waals surface area contributed by atoms with Crippen molar-refractivity contribution in [2.45, 2.75) is 19.8 Å². The highest BCUT2D eigenvalue weighted by molar-refractivity contribution is 5.79. The molecule has 5 heteroatoms. The molecule has 0 atom stereocenters. The number of rotatable bonds is 5. The molecule has 0 bridgehead atoms. The lowest BCUT2D eigenvalue weighted by Crippen LogP contribution is -2.41. The third-order valence-electron chi connectivity index (χ3n) is 3.07. The highest BCUT2D eigenvalue weighted by Gasteiger charge is 2.20. The van der Waals surface area contributed by atoms with Gasteiger partial charge in [-0.2, -0.15) is 0 Å². The molecule has 1 aliphatic rings. The first-order valence-corrected chi connectivity index (χ1v) is 6.56. The molecule has 2 amide bonds. The lowest BCUT2D eigenvalue weighted by molar-refractivity contribution is -0.132. The summed E-state index contributed by atoms with van der Waals surface area (Å²) < 4.78 is 0. The minimum atomic E-state index is 0.0997. The van der Waals surface area contributed by atoms with Crippen LogP contribution in [0.3, 0.4) is 0 Å². The van der Waals surface area contributed by atoms with Gasteiger partial charge in [-0.05, 0) is 6.42 Å². The van der Waals surface area contributed by atoms with Crippen LogP contribution in [0, 0.1) is 0 Å². The maximum Gasteiger partial charge on any atom is 0.236 e. The molecule has 0 aromatic rings. The van der Waals surface area contributed by atoms with E-state index in [0.717, 1.165) is 19.5 Å². The standard InChI is InChI=1S/C13H23N3O2/c1-3-6-14-11-13(18)16-8-5-7-15(9-10-16)12(17)4-2/h3,14H,1,4-11H2,2H3. The smallest absolute Gasteiger partial charge is 0.236 e. The summed E-state index contributed by atoms with van der Waals surface area (Å²) in [6.07, 6.45) is 3.13. The Morgan fingerprint density at radius 3 is 2.33 bits per heavy atom. The van der Waals surface area contributed by atoms with Crippen molar-refractivity contribution in [2.24, 2.45) is 0 Å². The van der Waals surface area contributed by atoms with Crippen LogP contribution >= 0.6 is 0 Å². The third kappa shape index (κ3) is 4.49. The highest BCUT2D eigenvalue weighted by Crippen LogP contribution is 2.05. The fourth-order valence-corrected chi connectivity index (χ4v) is 2.03. The molecule has 18 heavy (non-hydrogen) atoms. The van der Waals surface area contributed by atoms with Crippen LogP contribution in [0.4, 0.5) is 0 Å². The second-order valence-corrected chi connectivity index (χ2v) is 4.39. The number of carbonyl (C=O) groups excluding carboxylic acids is 2. The molecule has 0 saturated carbocycles. The summed E-state index contributed by atoms with van der Waals surface area (Å²) in [7, 11) is 0. The molecule has 0 aliphatic carbocycles. The maximum absolute atomic E-state index is 11.9. The molecule has 0 spiro atoms. The van der Waals surface area contributed by atoms with Gasteiger partial charge < -0.3 is 15.1 Å². The zero-order valence-corrected chi connectivity index (χ0v) is 11.2. The highest BCUT2D eigenvalue weighted by atomic mass is 16.2. The second kappa shape index (κ2) is 7.87. The van der Waals surface area contributed by atoms with E-state index in [4.69, 9.17) is 0 Å². The van der Waals surface area contributed by atoms with E-state index in [1.165, 1.54) is 0 Å². The van der Waals surface area contributed by atoms with Crippen molar-refractivity contribution in [3.05, 3.63) is 12.7 Å². The van der Waals surface area contributed by atoms with E-state index >= 15 is 0 Å². The van der Waals surface area contributed by atoms with Gasteiger partial charge in [0.25, 0.3) is 0 Å². The summed E-state index contributed by atoms with van der Waals surface area (Å²) in [5, 5.41) is 3.01. The maximum atomic E-state index is 11.9. The van der Waals surface area contributed by atoms with Crippen LogP contribution in [-0.2, 0) is 9.59 Å². The van der Waals surface area contributed by atoms with E-state index in [0.29, 0.717) is 32.6 Å². The van der Waals surface area contributed by atoms with Gasteiger partial charge in [0.15, 0.2) is 0 Å². The number of carbonyl (C=O) groups is 2. The van der Waals surface area contributed by atoms with Crippen LogP contribution in [0.5, 0.6) is 0 Å². The van der Waals surface area contributed by atoms with E-state index in [1.54, 1.807) is 6.08 Å². The summed E-state index contributed by atoms with van der Waals surface area (Å²) in [6, 6.07) is 0. The zero-order valence-electron chi connectivity index (χ0n) is 11.2. The van der Waals surface area contributed by atoms with Gasteiger partial charge in [-0.1, -0.05) is 13.0 Å². The molecule has 102 valence electrons. The summed E-state index contributed by atoms with van der Waals surface area (Å²) in [6.45, 7) is 9.23. The number of hydrogen-bond acceptors (Lipinski definition) is 3. The predicted octanol–water partition coefficient (Wildman–Crippen LogP) is 0.233. The fraction of sp³-hybridized carbons (Fsp3) is 0.692. The summed E-state index contributed by atoms with van der Waals surface area (Å²) in [5.74, 6) is 0.275. The summed E-state index contributed by atoms with van der Waals surface area (Å²) >= 11 is 0. The molecular weight excluding hydrogens is 230 g/mol. The van der Waals surface area contributed by atoms with Crippen LogP contribution in [0.1, 0.15) is 19.8 Å². The molecule has 1 heterocycles. The first-order chi connectivity index (χ1) is 8.69. The molecule has 0 unspecified atom stereocenters. The summed E-state index contributed by atoms with van der Waals surface area (Å²) in [5.41, 5.74) is 0. The molecule has 1 rings (SSSR count). The Kier molecular flexibility index (Phi) is 6.43. The monoisotopic (exact) mass is 253 g/mol. The van der Waals surface area contributed by atoms with Crippen LogP contribution in [0.2, 0.25) is 0 Å². The Hall–Kier alpha value is -1.36. The van der Waals surface area contributed by atoms with Gasteiger partial charge in [-0.3, -0.25) is 9.59 Å². The van der Waals surface area contributed by atoms with Crippen molar-refractivity contribution >= 4 is 11.8 Å². The van der Waals surface area contributed by atoms with E-state index < -0.39 is 0 Å². The topological polar surface area (TPSA) is 52.7 Å². The van der Waals surface area contributed by atoms with Gasteiger partial charge in [0.05, 0.1) is 6.54 Å². The summed E-state index contributed by atoms with van der Waals surface area (Å²) in [4.78, 5) is 27.2. The predicted molar refractivity (Wildman–Crippen MR) is 71.1 cm³/mol. The van der Waals surface area contributed by atoms with E-state index in [1.807, 2.05) is 16.7 Å². The van der Waals surface area contributed by atoms with E-state index in [-0.39, 0.29) is 11.8 Å². The molecule has 1 fully saturated rings.